The maximum Gasteiger partial charge on any atom is 0.341 e. The van der Waals surface area contributed by atoms with Crippen molar-refractivity contribution in [2.24, 2.45) is 0 Å². The number of amides is 1. The van der Waals surface area contributed by atoms with Crippen LogP contribution in [0.2, 0.25) is 0 Å². The second-order valence-corrected chi connectivity index (χ2v) is 8.59. The zero-order valence-electron chi connectivity index (χ0n) is 19.9. The number of benzene rings is 3. The molecule has 0 saturated carbocycles. The molecule has 0 aromatic heterocycles. The van der Waals surface area contributed by atoms with E-state index in [0.717, 1.165) is 5.56 Å². The van der Waals surface area contributed by atoms with E-state index in [2.05, 4.69) is 10.6 Å². The van der Waals surface area contributed by atoms with E-state index in [1.165, 1.54) is 21.1 Å². The predicted molar refractivity (Wildman–Crippen MR) is 134 cm³/mol. The number of rotatable bonds is 11. The van der Waals surface area contributed by atoms with Gasteiger partial charge in [0, 0.05) is 17.1 Å². The maximum atomic E-state index is 12.8. The number of alkyl halides is 2. The molecule has 0 radical (unpaired) electrons. The van der Waals surface area contributed by atoms with Gasteiger partial charge in [0.25, 0.3) is 11.7 Å². The van der Waals surface area contributed by atoms with Crippen molar-refractivity contribution in [2.45, 2.75) is 30.2 Å². The van der Waals surface area contributed by atoms with Gasteiger partial charge >= 0.3 is 5.97 Å². The number of ether oxygens (including phenoxy) is 3. The summed E-state index contributed by atoms with van der Waals surface area (Å²) in [7, 11) is 3.06. The first-order valence-corrected chi connectivity index (χ1v) is 11.8. The Kier molecular flexibility index (Phi) is 9.52. The lowest BCUT2D eigenvalue weighted by Crippen LogP contribution is -2.35. The molecular weight excluding hydrogens is 490 g/mol. The highest BCUT2D eigenvalue weighted by atomic mass is 32.2. The van der Waals surface area contributed by atoms with Gasteiger partial charge in [-0.15, -0.1) is 0 Å². The van der Waals surface area contributed by atoms with Gasteiger partial charge in [-0.2, -0.15) is 8.78 Å². The SMILES string of the molecule is COc1ccc(CNC(=O)[C@H](C)OC(=O)c2ccccc2Nc2ccc(SC(F)F)cc2)cc1OC. The van der Waals surface area contributed by atoms with Crippen LogP contribution in [0, 0.1) is 0 Å². The fourth-order valence-electron chi connectivity index (χ4n) is 3.25. The molecule has 0 aliphatic carbocycles. The minimum absolute atomic E-state index is 0.207. The van der Waals surface area contributed by atoms with Crippen molar-refractivity contribution < 1.29 is 32.6 Å². The van der Waals surface area contributed by atoms with Gasteiger partial charge in [0.05, 0.1) is 25.5 Å². The molecule has 10 heteroatoms. The van der Waals surface area contributed by atoms with E-state index in [-0.39, 0.29) is 12.1 Å². The summed E-state index contributed by atoms with van der Waals surface area (Å²) < 4.78 is 40.9. The first-order chi connectivity index (χ1) is 17.3. The fraction of sp³-hybridized carbons (Fsp3) is 0.231. The third kappa shape index (κ3) is 7.35. The number of nitrogens with one attached hydrogen (secondary N) is 2. The Morgan fingerprint density at radius 3 is 2.31 bits per heavy atom. The largest absolute Gasteiger partial charge is 0.493 e. The Balaban J connectivity index is 1.60. The van der Waals surface area contributed by atoms with Gasteiger partial charge in [-0.1, -0.05) is 30.0 Å². The summed E-state index contributed by atoms with van der Waals surface area (Å²) in [6, 6.07) is 18.3. The van der Waals surface area contributed by atoms with Crippen molar-refractivity contribution in [3.8, 4) is 11.5 Å². The lowest BCUT2D eigenvalue weighted by Gasteiger charge is -2.16. The van der Waals surface area contributed by atoms with E-state index >= 15 is 0 Å². The summed E-state index contributed by atoms with van der Waals surface area (Å²) in [5.74, 6) is -2.54. The van der Waals surface area contributed by atoms with Gasteiger partial charge < -0.3 is 24.8 Å². The molecule has 3 aromatic rings. The minimum atomic E-state index is -2.50. The summed E-state index contributed by atoms with van der Waals surface area (Å²) >= 11 is 0.452. The summed E-state index contributed by atoms with van der Waals surface area (Å²) in [6.07, 6.45) is -1.05. The average molecular weight is 517 g/mol. The Morgan fingerprint density at radius 2 is 1.64 bits per heavy atom. The number of methoxy groups -OCH3 is 2. The number of carbonyl (C=O) groups is 2. The third-order valence-electron chi connectivity index (χ3n) is 5.07. The number of carbonyl (C=O) groups excluding carboxylic acids is 2. The van der Waals surface area contributed by atoms with Crippen LogP contribution in [-0.2, 0) is 16.1 Å². The van der Waals surface area contributed by atoms with Crippen LogP contribution in [0.4, 0.5) is 20.2 Å². The highest BCUT2D eigenvalue weighted by Crippen LogP contribution is 2.29. The molecule has 0 aliphatic rings. The van der Waals surface area contributed by atoms with E-state index in [1.807, 2.05) is 0 Å². The van der Waals surface area contributed by atoms with Crippen LogP contribution < -0.4 is 20.1 Å². The molecule has 0 aliphatic heterocycles. The fourth-order valence-corrected chi connectivity index (χ4v) is 3.75. The molecule has 190 valence electrons. The molecule has 3 aromatic carbocycles. The van der Waals surface area contributed by atoms with Gasteiger partial charge in [-0.3, -0.25) is 4.79 Å². The van der Waals surface area contributed by atoms with E-state index in [0.29, 0.717) is 39.5 Å². The van der Waals surface area contributed by atoms with Gasteiger partial charge in [0.2, 0.25) is 0 Å². The van der Waals surface area contributed by atoms with Crippen molar-refractivity contribution in [3.05, 3.63) is 77.9 Å². The zero-order valence-corrected chi connectivity index (χ0v) is 20.7. The summed E-state index contributed by atoms with van der Waals surface area (Å²) in [5.41, 5.74) is 2.07. The average Bonchev–Trinajstić information content (AvgIpc) is 2.88. The summed E-state index contributed by atoms with van der Waals surface area (Å²) in [4.78, 5) is 25.8. The number of thioether (sulfide) groups is 1. The Morgan fingerprint density at radius 1 is 0.944 bits per heavy atom. The second-order valence-electron chi connectivity index (χ2n) is 7.53. The van der Waals surface area contributed by atoms with Gasteiger partial charge in [-0.25, -0.2) is 4.79 Å². The first kappa shape index (κ1) is 26.8. The highest BCUT2D eigenvalue weighted by Gasteiger charge is 2.21. The molecule has 1 amide bonds. The molecule has 0 fully saturated rings. The number of hydrogen-bond donors (Lipinski definition) is 2. The van der Waals surface area contributed by atoms with E-state index in [4.69, 9.17) is 14.2 Å². The molecular formula is C26H26F2N2O5S. The Labute approximate surface area is 212 Å². The monoisotopic (exact) mass is 516 g/mol. The molecule has 0 bridgehead atoms. The van der Waals surface area contributed by atoms with Crippen LogP contribution in [0.5, 0.6) is 11.5 Å². The van der Waals surface area contributed by atoms with Crippen molar-refractivity contribution in [1.82, 2.24) is 5.32 Å². The maximum absolute atomic E-state index is 12.8. The first-order valence-electron chi connectivity index (χ1n) is 10.9. The Bertz CT molecular complexity index is 1190. The molecule has 36 heavy (non-hydrogen) atoms. The summed E-state index contributed by atoms with van der Waals surface area (Å²) in [5, 5.41) is 5.82. The quantitative estimate of drug-likeness (QED) is 0.253. The summed E-state index contributed by atoms with van der Waals surface area (Å²) in [6.45, 7) is 1.69. The van der Waals surface area contributed by atoms with Crippen LogP contribution in [0.25, 0.3) is 0 Å². The van der Waals surface area contributed by atoms with Crippen molar-refractivity contribution in [1.29, 1.82) is 0 Å². The van der Waals surface area contributed by atoms with Crippen molar-refractivity contribution >= 4 is 35.0 Å². The zero-order chi connectivity index (χ0) is 26.1. The van der Waals surface area contributed by atoms with Crippen LogP contribution in [0.3, 0.4) is 0 Å². The van der Waals surface area contributed by atoms with Crippen molar-refractivity contribution in [2.75, 3.05) is 19.5 Å². The topological polar surface area (TPSA) is 85.9 Å². The van der Waals surface area contributed by atoms with Crippen LogP contribution in [-0.4, -0.2) is 38.0 Å². The van der Waals surface area contributed by atoms with Crippen molar-refractivity contribution in [3.63, 3.8) is 0 Å². The number of anilines is 2. The van der Waals surface area contributed by atoms with Gasteiger partial charge in [-0.05, 0) is 61.0 Å². The number of hydrogen-bond acceptors (Lipinski definition) is 7. The predicted octanol–water partition coefficient (Wildman–Crippen LogP) is 5.62. The van der Waals surface area contributed by atoms with Crippen LogP contribution in [0.15, 0.2) is 71.6 Å². The second kappa shape index (κ2) is 12.8. The van der Waals surface area contributed by atoms with E-state index in [1.54, 1.807) is 66.7 Å². The minimum Gasteiger partial charge on any atom is -0.493 e. The Hall–Kier alpha value is -3.79. The molecule has 0 saturated heterocycles. The molecule has 7 nitrogen and oxygen atoms in total. The van der Waals surface area contributed by atoms with Crippen LogP contribution >= 0.6 is 11.8 Å². The van der Waals surface area contributed by atoms with E-state index in [9.17, 15) is 18.4 Å². The molecule has 2 N–H and O–H groups in total. The number of halogens is 2. The van der Waals surface area contributed by atoms with Gasteiger partial charge in [0.1, 0.15) is 0 Å². The highest BCUT2D eigenvalue weighted by molar-refractivity contribution is 7.99. The number of esters is 1. The van der Waals surface area contributed by atoms with Crippen LogP contribution in [0.1, 0.15) is 22.8 Å². The molecule has 0 heterocycles. The normalized spacial score (nSPS) is 11.5. The van der Waals surface area contributed by atoms with Gasteiger partial charge in [0.15, 0.2) is 17.6 Å². The number of para-hydroxylation sites is 1. The molecule has 3 rings (SSSR count). The van der Waals surface area contributed by atoms with E-state index < -0.39 is 23.7 Å². The molecule has 0 spiro atoms. The lowest BCUT2D eigenvalue weighted by molar-refractivity contribution is -0.129. The standard InChI is InChI=1S/C26H26F2N2O5S/c1-16(24(31)29-15-17-8-13-22(33-2)23(14-17)34-3)35-25(32)20-6-4-5-7-21(20)30-18-9-11-19(12-10-18)36-26(27)28/h4-14,16,26,30H,15H2,1-3H3,(H,29,31)/t16-/m0/s1. The third-order valence-corrected chi connectivity index (χ3v) is 5.80. The molecule has 1 atom stereocenters. The molecule has 0 unspecified atom stereocenters. The lowest BCUT2D eigenvalue weighted by atomic mass is 10.1. The smallest absolute Gasteiger partial charge is 0.341 e.